The number of hydrogen-bond acceptors (Lipinski definition) is 16. The fourth-order valence-electron chi connectivity index (χ4n) is 9.62. The van der Waals surface area contributed by atoms with Gasteiger partial charge in [-0.1, -0.05) is 20.8 Å². The van der Waals surface area contributed by atoms with Gasteiger partial charge >= 0.3 is 206 Å². The van der Waals surface area contributed by atoms with Crippen molar-refractivity contribution in [1.29, 1.82) is 0 Å². The van der Waals surface area contributed by atoms with Crippen molar-refractivity contribution in [2.75, 3.05) is 6.61 Å². The van der Waals surface area contributed by atoms with Crippen LogP contribution in [0.5, 0.6) is 0 Å². The van der Waals surface area contributed by atoms with Gasteiger partial charge in [0.05, 0.1) is 24.9 Å². The van der Waals surface area contributed by atoms with Gasteiger partial charge in [0.15, 0.2) is 0 Å². The molecule has 24 heteroatoms. The largest absolute Gasteiger partial charge is 1.00 e. The van der Waals surface area contributed by atoms with Crippen molar-refractivity contribution in [3.8, 4) is 0 Å². The average molecular weight is 867 g/mol. The van der Waals surface area contributed by atoms with Gasteiger partial charge in [0.1, 0.15) is 0 Å². The summed E-state index contributed by atoms with van der Waals surface area (Å²) in [6.07, 6.45) is -1.13. The van der Waals surface area contributed by atoms with Gasteiger partial charge in [-0.15, -0.1) is 0 Å². The molecule has 0 aromatic heterocycles. The molecule has 0 heterocycles. The Hall–Kier alpha value is 6.03. The molecule has 258 valence electrons. The number of rotatable bonds is 12. The predicted octanol–water partition coefficient (Wildman–Crippen LogP) is -10.7. The zero-order valence-electron chi connectivity index (χ0n) is 28.4. The van der Waals surface area contributed by atoms with Crippen LogP contribution in [-0.2, 0) is 58.3 Å². The molecule has 2 unspecified atom stereocenters. The molecule has 4 saturated carbocycles. The van der Waals surface area contributed by atoms with Crippen LogP contribution >= 0.6 is 0 Å². The van der Waals surface area contributed by atoms with E-state index in [0.717, 1.165) is 0 Å². The molecule has 0 aromatic carbocycles. The first-order valence-electron chi connectivity index (χ1n) is 14.5. The normalized spacial score (nSPS) is 37.1. The topological polar surface area (TPSA) is 266 Å². The smallest absolute Gasteiger partial charge is 0.726 e. The molecule has 0 radical (unpaired) electrons. The Morgan fingerprint density at radius 2 is 1.27 bits per heavy atom. The second-order valence-corrected chi connectivity index (χ2v) is 17.4. The molecule has 0 aromatic rings. The summed E-state index contributed by atoms with van der Waals surface area (Å²) < 4.78 is 158. The van der Waals surface area contributed by atoms with E-state index in [2.05, 4.69) is 4.18 Å². The van der Waals surface area contributed by atoms with Crippen LogP contribution in [0, 0.1) is 46.3 Å². The van der Waals surface area contributed by atoms with E-state index in [1.165, 1.54) is 0 Å². The molecule has 4 rings (SSSR count). The Balaban J connectivity index is 0.00000552. The minimum atomic E-state index is -5.22. The molecule has 0 N–H and O–H groups in total. The van der Waals surface area contributed by atoms with Gasteiger partial charge in [0.25, 0.3) is 0 Å². The van der Waals surface area contributed by atoms with Crippen molar-refractivity contribution >= 4 is 41.6 Å². The fraction of sp³-hybridized carbons (Fsp3) is 1.00. The molecule has 16 nitrogen and oxygen atoms in total. The molecule has 48 heavy (non-hydrogen) atoms. The van der Waals surface area contributed by atoms with E-state index >= 15 is 0 Å². The molecule has 0 amide bonds. The maximum atomic E-state index is 12.0. The Labute approximate surface area is 455 Å². The molecule has 4 fully saturated rings. The van der Waals surface area contributed by atoms with Crippen molar-refractivity contribution in [3.63, 3.8) is 0 Å². The standard InChI is InChI=1S/C24H42O16S4.4K/c1-14(5-4-10-37-41(25,26)27)17-6-7-18-22-19(13-21(24(17,18)3)40-44(34,35)36)23(2)9-8-16(38-42(28,29)30)11-15(23)12-20(22)39-43(31,32)33;;;;/h14-22H,4-13H2,1-3H3,(H,25,26,27)(H,28,29,30)(H,31,32,33)(H,34,35,36);;;;/q;4*+1/p-4/t14-,15-,16?,17-,18+,19+,20-,21?,22+,23+,24-;;;;/m1..../s1. The molecule has 0 saturated heterocycles. The van der Waals surface area contributed by atoms with Crippen LogP contribution in [0.1, 0.15) is 78.6 Å². The van der Waals surface area contributed by atoms with E-state index in [0.29, 0.717) is 25.7 Å². The fourth-order valence-corrected chi connectivity index (χ4v) is 11.5. The molecule has 0 bridgehead atoms. The van der Waals surface area contributed by atoms with Crippen molar-refractivity contribution in [2.24, 2.45) is 46.3 Å². The Kier molecular flexibility index (Phi) is 23.4. The van der Waals surface area contributed by atoms with Gasteiger partial charge in [0.2, 0.25) is 41.6 Å². The van der Waals surface area contributed by atoms with Crippen molar-refractivity contribution < 1.29 is 274 Å². The molecule has 11 atom stereocenters. The zero-order chi connectivity index (χ0) is 33.1. The maximum Gasteiger partial charge on any atom is 1.00 e. The van der Waals surface area contributed by atoms with Gasteiger partial charge < -0.3 is 18.2 Å². The van der Waals surface area contributed by atoms with Crippen molar-refractivity contribution in [2.45, 2.75) is 96.9 Å². The summed E-state index contributed by atoms with van der Waals surface area (Å²) in [5, 5.41) is 0. The summed E-state index contributed by atoms with van der Waals surface area (Å²) in [5.74, 6) is -2.50. The molecule has 4 aliphatic rings. The van der Waals surface area contributed by atoms with Crippen LogP contribution in [0.4, 0.5) is 0 Å². The first kappa shape index (κ1) is 54.0. The maximum absolute atomic E-state index is 12.0. The van der Waals surface area contributed by atoms with Crippen molar-refractivity contribution in [1.82, 2.24) is 0 Å². The van der Waals surface area contributed by atoms with Crippen LogP contribution < -0.4 is 206 Å². The molecule has 0 spiro atoms. The van der Waals surface area contributed by atoms with E-state index in [-0.39, 0.29) is 256 Å². The summed E-state index contributed by atoms with van der Waals surface area (Å²) >= 11 is 0. The summed E-state index contributed by atoms with van der Waals surface area (Å²) in [6.45, 7) is 5.19. The minimum absolute atomic E-state index is 0. The first-order valence-corrected chi connectivity index (χ1v) is 19.8. The molecule has 0 aliphatic heterocycles. The third-order valence-corrected chi connectivity index (χ3v) is 13.1. The third-order valence-electron chi connectivity index (χ3n) is 11.2. The third kappa shape index (κ3) is 14.1. The van der Waals surface area contributed by atoms with E-state index in [1.807, 2.05) is 13.8 Å². The zero-order valence-corrected chi connectivity index (χ0v) is 44.2. The van der Waals surface area contributed by atoms with E-state index in [1.54, 1.807) is 6.92 Å². The van der Waals surface area contributed by atoms with E-state index < -0.39 is 94.4 Å². The van der Waals surface area contributed by atoms with Crippen LogP contribution in [0.3, 0.4) is 0 Å². The summed E-state index contributed by atoms with van der Waals surface area (Å²) in [4.78, 5) is 0. The first-order chi connectivity index (χ1) is 19.9. The van der Waals surface area contributed by atoms with E-state index in [9.17, 15) is 51.9 Å². The molecular formula is C24H38K4O16S4. The van der Waals surface area contributed by atoms with Gasteiger partial charge in [-0.2, -0.15) is 0 Å². The van der Waals surface area contributed by atoms with Crippen LogP contribution in [-0.4, -0.2) is 76.8 Å². The Morgan fingerprint density at radius 3 is 1.79 bits per heavy atom. The minimum Gasteiger partial charge on any atom is -0.726 e. The summed E-state index contributed by atoms with van der Waals surface area (Å²) in [6, 6.07) is 0. The van der Waals surface area contributed by atoms with Crippen molar-refractivity contribution in [3.05, 3.63) is 0 Å². The number of fused-ring (bicyclic) bond motifs is 5. The average Bonchev–Trinajstić information content (AvgIpc) is 3.18. The second kappa shape index (κ2) is 20.8. The van der Waals surface area contributed by atoms with Crippen LogP contribution in [0.25, 0.3) is 0 Å². The Bertz CT molecular complexity index is 1520. The van der Waals surface area contributed by atoms with Crippen LogP contribution in [0.15, 0.2) is 0 Å². The quantitative estimate of drug-likeness (QED) is 0.0763. The monoisotopic (exact) mass is 866 g/mol. The SMILES string of the molecule is C[C@H](CCCOS(=O)(=O)[O-])[C@H]1CC[C@H]2[C@@H]3[C@H](OS(=O)(=O)[O-])C[C@H]4CC(OS(=O)(=O)[O-])CC[C@]4(C)[C@H]3CC(OS(=O)(=O)[O-])[C@]12C.[K+].[K+].[K+].[K+]. The van der Waals surface area contributed by atoms with Gasteiger partial charge in [-0.05, 0) is 98.7 Å². The number of hydrogen-bond donors (Lipinski definition) is 0. The second-order valence-electron chi connectivity index (χ2n) is 13.3. The summed E-state index contributed by atoms with van der Waals surface area (Å²) in [5.41, 5.74) is -1.68. The van der Waals surface area contributed by atoms with Gasteiger partial charge in [0, 0.05) is 5.41 Å². The van der Waals surface area contributed by atoms with Gasteiger partial charge in [-0.3, -0.25) is 16.7 Å². The van der Waals surface area contributed by atoms with Crippen LogP contribution in [0.2, 0.25) is 0 Å². The van der Waals surface area contributed by atoms with E-state index in [4.69, 9.17) is 12.5 Å². The van der Waals surface area contributed by atoms with Gasteiger partial charge in [-0.25, -0.2) is 33.7 Å². The Morgan fingerprint density at radius 1 is 0.708 bits per heavy atom. The predicted molar refractivity (Wildman–Crippen MR) is 144 cm³/mol. The molecular weight excluding hydrogens is 829 g/mol. The molecule has 4 aliphatic carbocycles. The summed E-state index contributed by atoms with van der Waals surface area (Å²) in [7, 11) is -20.3.